The first kappa shape index (κ1) is 12.4. The predicted octanol–water partition coefficient (Wildman–Crippen LogP) is 1.93. The summed E-state index contributed by atoms with van der Waals surface area (Å²) in [6.45, 7) is 4.50. The molecule has 7 heteroatoms. The van der Waals surface area contributed by atoms with E-state index in [0.717, 1.165) is 18.1 Å². The number of carbonyl (C=O) groups is 1. The summed E-state index contributed by atoms with van der Waals surface area (Å²) in [4.78, 5) is 20.2. The summed E-state index contributed by atoms with van der Waals surface area (Å²) in [5.74, 6) is 1.04. The highest BCUT2D eigenvalue weighted by molar-refractivity contribution is 7.09. The summed E-state index contributed by atoms with van der Waals surface area (Å²) in [7, 11) is 0. The van der Waals surface area contributed by atoms with Gasteiger partial charge in [-0.1, -0.05) is 6.07 Å². The van der Waals surface area contributed by atoms with E-state index in [0.29, 0.717) is 22.5 Å². The van der Waals surface area contributed by atoms with Crippen LogP contribution in [0.2, 0.25) is 0 Å². The second kappa shape index (κ2) is 5.54. The fourth-order valence-corrected chi connectivity index (χ4v) is 1.92. The van der Waals surface area contributed by atoms with Crippen LogP contribution in [0.5, 0.6) is 0 Å². The van der Waals surface area contributed by atoms with E-state index < -0.39 is 0 Å². The van der Waals surface area contributed by atoms with Crippen molar-refractivity contribution in [2.24, 2.45) is 0 Å². The number of hydrogen-bond donors (Lipinski definition) is 2. The molecule has 6 nitrogen and oxygen atoms in total. The zero-order valence-corrected chi connectivity index (χ0v) is 10.9. The third-order valence-electron chi connectivity index (χ3n) is 2.09. The molecule has 0 aromatic carbocycles. The molecule has 0 aliphatic rings. The second-order valence-corrected chi connectivity index (χ2v) is 4.29. The lowest BCUT2D eigenvalue weighted by Crippen LogP contribution is -2.14. The monoisotopic (exact) mass is 263 g/mol. The van der Waals surface area contributed by atoms with Crippen molar-refractivity contribution in [3.05, 3.63) is 29.7 Å². The minimum absolute atomic E-state index is 0.286. The molecule has 2 heterocycles. The maximum absolute atomic E-state index is 11.9. The van der Waals surface area contributed by atoms with Crippen molar-refractivity contribution in [3.63, 3.8) is 0 Å². The fourth-order valence-electron chi connectivity index (χ4n) is 1.35. The van der Waals surface area contributed by atoms with Crippen LogP contribution >= 0.6 is 11.5 Å². The Morgan fingerprint density at radius 1 is 1.39 bits per heavy atom. The summed E-state index contributed by atoms with van der Waals surface area (Å²) in [5, 5.41) is 6.20. The Morgan fingerprint density at radius 2 is 2.22 bits per heavy atom. The van der Waals surface area contributed by atoms with Crippen LogP contribution < -0.4 is 10.6 Å². The third-order valence-corrected chi connectivity index (χ3v) is 2.81. The minimum atomic E-state index is -0.286. The summed E-state index contributed by atoms with van der Waals surface area (Å²) in [6, 6.07) is 5.25. The summed E-state index contributed by atoms with van der Waals surface area (Å²) >= 11 is 1.15. The Morgan fingerprint density at radius 3 is 2.89 bits per heavy atom. The number of amides is 1. The van der Waals surface area contributed by atoms with E-state index in [1.54, 1.807) is 19.1 Å². The number of aromatic nitrogens is 3. The normalized spacial score (nSPS) is 10.1. The van der Waals surface area contributed by atoms with Gasteiger partial charge in [-0.05, 0) is 26.0 Å². The van der Waals surface area contributed by atoms with Gasteiger partial charge < -0.3 is 5.32 Å². The van der Waals surface area contributed by atoms with Gasteiger partial charge in [-0.15, -0.1) is 0 Å². The number of aryl methyl sites for hydroxylation is 1. The second-order valence-electron chi connectivity index (χ2n) is 3.54. The molecule has 2 aromatic rings. The molecular formula is C11H13N5OS. The molecule has 18 heavy (non-hydrogen) atoms. The van der Waals surface area contributed by atoms with Crippen LogP contribution in [0.15, 0.2) is 18.2 Å². The molecule has 0 unspecified atom stereocenters. The molecule has 0 spiro atoms. The number of rotatable bonds is 4. The van der Waals surface area contributed by atoms with Gasteiger partial charge in [0.2, 0.25) is 5.13 Å². The van der Waals surface area contributed by atoms with Crippen molar-refractivity contribution in [1.29, 1.82) is 0 Å². The van der Waals surface area contributed by atoms with Crippen molar-refractivity contribution in [2.75, 3.05) is 17.2 Å². The minimum Gasteiger partial charge on any atom is -0.370 e. The van der Waals surface area contributed by atoms with Crippen LogP contribution in [0.4, 0.5) is 10.9 Å². The van der Waals surface area contributed by atoms with E-state index in [-0.39, 0.29) is 5.91 Å². The Kier molecular flexibility index (Phi) is 3.83. The van der Waals surface area contributed by atoms with Gasteiger partial charge in [0.1, 0.15) is 17.3 Å². The molecule has 0 saturated carbocycles. The number of pyridine rings is 1. The Bertz CT molecular complexity index is 554. The highest BCUT2D eigenvalue weighted by Gasteiger charge is 2.10. The Labute approximate surface area is 109 Å². The summed E-state index contributed by atoms with van der Waals surface area (Å²) in [6.07, 6.45) is 0. The van der Waals surface area contributed by atoms with Gasteiger partial charge in [0.15, 0.2) is 0 Å². The Balaban J connectivity index is 2.11. The quantitative estimate of drug-likeness (QED) is 0.881. The van der Waals surface area contributed by atoms with E-state index >= 15 is 0 Å². The van der Waals surface area contributed by atoms with Gasteiger partial charge in [0, 0.05) is 18.1 Å². The molecule has 0 aliphatic carbocycles. The standard InChI is InChI=1S/C11H13N5OS/c1-3-12-9-6-4-5-8(14-9)10(17)15-11-13-7(2)16-18-11/h4-6H,3H2,1-2H3,(H,12,14)(H,13,15,16,17). The molecule has 0 atom stereocenters. The van der Waals surface area contributed by atoms with Gasteiger partial charge in [0.25, 0.3) is 5.91 Å². The van der Waals surface area contributed by atoms with E-state index in [2.05, 4.69) is 25.0 Å². The van der Waals surface area contributed by atoms with Crippen LogP contribution in [0.3, 0.4) is 0 Å². The van der Waals surface area contributed by atoms with Crippen molar-refractivity contribution < 1.29 is 4.79 Å². The van der Waals surface area contributed by atoms with Gasteiger partial charge in [0.05, 0.1) is 0 Å². The van der Waals surface area contributed by atoms with Crippen molar-refractivity contribution in [2.45, 2.75) is 13.8 Å². The predicted molar refractivity (Wildman–Crippen MR) is 71.0 cm³/mol. The van der Waals surface area contributed by atoms with Crippen LogP contribution in [0.25, 0.3) is 0 Å². The number of nitrogens with zero attached hydrogens (tertiary/aromatic N) is 3. The molecule has 0 bridgehead atoms. The average molecular weight is 263 g/mol. The lowest BCUT2D eigenvalue weighted by molar-refractivity contribution is 0.102. The summed E-state index contributed by atoms with van der Waals surface area (Å²) < 4.78 is 3.99. The van der Waals surface area contributed by atoms with Crippen molar-refractivity contribution >= 4 is 28.4 Å². The molecule has 0 fully saturated rings. The molecule has 2 rings (SSSR count). The topological polar surface area (TPSA) is 79.8 Å². The average Bonchev–Trinajstić information content (AvgIpc) is 2.75. The molecule has 2 N–H and O–H groups in total. The van der Waals surface area contributed by atoms with Crippen LogP contribution in [-0.4, -0.2) is 26.8 Å². The van der Waals surface area contributed by atoms with E-state index in [4.69, 9.17) is 0 Å². The number of hydrogen-bond acceptors (Lipinski definition) is 6. The summed E-state index contributed by atoms with van der Waals surface area (Å²) in [5.41, 5.74) is 0.348. The zero-order valence-electron chi connectivity index (χ0n) is 10.1. The van der Waals surface area contributed by atoms with E-state index in [1.165, 1.54) is 0 Å². The molecular weight excluding hydrogens is 250 g/mol. The number of anilines is 2. The molecule has 0 aliphatic heterocycles. The highest BCUT2D eigenvalue weighted by Crippen LogP contribution is 2.12. The van der Waals surface area contributed by atoms with Gasteiger partial charge in [-0.3, -0.25) is 10.1 Å². The van der Waals surface area contributed by atoms with E-state index in [9.17, 15) is 4.79 Å². The zero-order chi connectivity index (χ0) is 13.0. The van der Waals surface area contributed by atoms with Gasteiger partial charge in [-0.25, -0.2) is 9.97 Å². The first-order chi connectivity index (χ1) is 8.69. The van der Waals surface area contributed by atoms with Crippen molar-refractivity contribution in [3.8, 4) is 0 Å². The van der Waals surface area contributed by atoms with Gasteiger partial charge in [-0.2, -0.15) is 4.37 Å². The lowest BCUT2D eigenvalue weighted by atomic mass is 10.3. The first-order valence-corrected chi connectivity index (χ1v) is 6.29. The Hall–Kier alpha value is -2.02. The molecule has 0 radical (unpaired) electrons. The smallest absolute Gasteiger partial charge is 0.276 e. The van der Waals surface area contributed by atoms with Crippen LogP contribution in [0.1, 0.15) is 23.2 Å². The molecule has 94 valence electrons. The van der Waals surface area contributed by atoms with Crippen molar-refractivity contribution in [1.82, 2.24) is 14.3 Å². The maximum atomic E-state index is 11.9. The molecule has 1 amide bonds. The lowest BCUT2D eigenvalue weighted by Gasteiger charge is -2.04. The van der Waals surface area contributed by atoms with Crippen LogP contribution in [-0.2, 0) is 0 Å². The fraction of sp³-hybridized carbons (Fsp3) is 0.273. The van der Waals surface area contributed by atoms with Gasteiger partial charge >= 0.3 is 0 Å². The highest BCUT2D eigenvalue weighted by atomic mass is 32.1. The third kappa shape index (κ3) is 3.01. The SMILES string of the molecule is CCNc1cccc(C(=O)Nc2nc(C)ns2)n1. The number of carbonyl (C=O) groups excluding carboxylic acids is 1. The molecule has 0 saturated heterocycles. The molecule has 2 aromatic heterocycles. The first-order valence-electron chi connectivity index (χ1n) is 5.51. The van der Waals surface area contributed by atoms with Crippen LogP contribution in [0, 0.1) is 6.92 Å². The maximum Gasteiger partial charge on any atom is 0.276 e. The van der Waals surface area contributed by atoms with E-state index in [1.807, 2.05) is 13.0 Å². The largest absolute Gasteiger partial charge is 0.370 e. The number of nitrogens with one attached hydrogen (secondary N) is 2.